The van der Waals surface area contributed by atoms with Gasteiger partial charge in [-0.25, -0.2) is 0 Å². The Balaban J connectivity index is 1.69. The first-order valence-corrected chi connectivity index (χ1v) is 10.0. The van der Waals surface area contributed by atoms with Crippen molar-refractivity contribution in [2.75, 3.05) is 7.11 Å². The number of nitro benzene ring substituents is 1. The smallest absolute Gasteiger partial charge is 0.270 e. The summed E-state index contributed by atoms with van der Waals surface area (Å²) in [7, 11) is 1.50. The highest BCUT2D eigenvalue weighted by atomic mass is 16.6. The van der Waals surface area contributed by atoms with E-state index < -0.39 is 4.92 Å². The highest BCUT2D eigenvalue weighted by Crippen LogP contribution is 2.41. The molecule has 0 atom stereocenters. The van der Waals surface area contributed by atoms with Crippen LogP contribution in [-0.4, -0.2) is 22.3 Å². The molecule has 162 valence electrons. The molecule has 4 rings (SSSR count). The number of methoxy groups -OCH3 is 1. The Hall–Kier alpha value is -4.13. The van der Waals surface area contributed by atoms with Crippen LogP contribution in [0, 0.1) is 24.0 Å². The summed E-state index contributed by atoms with van der Waals surface area (Å²) in [5.74, 6) is 1.25. The molecule has 32 heavy (non-hydrogen) atoms. The molecule has 0 amide bonds. The van der Waals surface area contributed by atoms with Crippen LogP contribution < -0.4 is 4.74 Å². The van der Waals surface area contributed by atoms with Crippen LogP contribution >= 0.6 is 0 Å². The van der Waals surface area contributed by atoms with Crippen molar-refractivity contribution in [3.05, 3.63) is 93.4 Å². The topological polar surface area (TPSA) is 98.6 Å². The number of nitrogens with zero attached hydrogens (tertiary/aromatic N) is 2. The maximum atomic E-state index is 11.2. The van der Waals surface area contributed by atoms with E-state index in [0.29, 0.717) is 28.9 Å². The summed E-state index contributed by atoms with van der Waals surface area (Å²) in [6.45, 7) is 3.79. The number of ether oxygens (including phenoxy) is 1. The molecule has 0 aliphatic heterocycles. The molecule has 1 aromatic heterocycles. The van der Waals surface area contributed by atoms with Crippen LogP contribution in [-0.2, 0) is 6.42 Å². The zero-order valence-corrected chi connectivity index (χ0v) is 18.0. The third-order valence-electron chi connectivity index (χ3n) is 5.46. The van der Waals surface area contributed by atoms with E-state index in [0.717, 1.165) is 28.1 Å². The van der Waals surface area contributed by atoms with E-state index in [1.165, 1.54) is 19.2 Å². The van der Waals surface area contributed by atoms with E-state index in [1.807, 2.05) is 38.1 Å². The molecule has 0 radical (unpaired) electrons. The first kappa shape index (κ1) is 21.1. The molecule has 0 saturated heterocycles. The number of phenolic OH excluding ortho intramolecular Hbond substituents is 1. The minimum Gasteiger partial charge on any atom is -0.507 e. The summed E-state index contributed by atoms with van der Waals surface area (Å²) in [4.78, 5) is 10.7. The highest BCUT2D eigenvalue weighted by Gasteiger charge is 2.18. The fraction of sp³-hybridized carbons (Fsp3) is 0.160. The summed E-state index contributed by atoms with van der Waals surface area (Å²) in [6, 6.07) is 17.7. The first-order valence-electron chi connectivity index (χ1n) is 10.0. The van der Waals surface area contributed by atoms with Crippen molar-refractivity contribution >= 4 is 5.69 Å². The predicted molar refractivity (Wildman–Crippen MR) is 121 cm³/mol. The van der Waals surface area contributed by atoms with Crippen LogP contribution in [0.4, 0.5) is 5.69 Å². The summed E-state index contributed by atoms with van der Waals surface area (Å²) < 4.78 is 10.7. The molecular weight excluding hydrogens is 408 g/mol. The van der Waals surface area contributed by atoms with Crippen molar-refractivity contribution in [1.82, 2.24) is 5.16 Å². The Kier molecular flexibility index (Phi) is 5.64. The van der Waals surface area contributed by atoms with E-state index in [4.69, 9.17) is 9.26 Å². The van der Waals surface area contributed by atoms with Crippen molar-refractivity contribution in [3.63, 3.8) is 0 Å². The first-order chi connectivity index (χ1) is 15.4. The third kappa shape index (κ3) is 3.92. The number of rotatable bonds is 6. The SMILES string of the molecule is COc1ccc(Cc2ccc(-c3c(C)noc3C)cc2)c(O)c1-c1cccc([N+](=O)[O-])c1. The van der Waals surface area contributed by atoms with Crippen molar-refractivity contribution in [2.24, 2.45) is 0 Å². The molecule has 0 spiro atoms. The minimum atomic E-state index is -0.461. The van der Waals surface area contributed by atoms with Gasteiger partial charge >= 0.3 is 0 Å². The number of aromatic hydroxyl groups is 1. The molecule has 7 nitrogen and oxygen atoms in total. The highest BCUT2D eigenvalue weighted by molar-refractivity contribution is 5.79. The number of aromatic nitrogens is 1. The van der Waals surface area contributed by atoms with Gasteiger partial charge in [-0.05, 0) is 42.2 Å². The van der Waals surface area contributed by atoms with Crippen LogP contribution in [0.25, 0.3) is 22.3 Å². The van der Waals surface area contributed by atoms with Gasteiger partial charge in [0.25, 0.3) is 5.69 Å². The second kappa shape index (κ2) is 8.55. The molecule has 0 aliphatic carbocycles. The fourth-order valence-electron chi connectivity index (χ4n) is 3.89. The van der Waals surface area contributed by atoms with Crippen LogP contribution in [0.2, 0.25) is 0 Å². The number of non-ortho nitro benzene ring substituents is 1. The Morgan fingerprint density at radius 1 is 1.03 bits per heavy atom. The molecule has 0 unspecified atom stereocenters. The quantitative estimate of drug-likeness (QED) is 0.305. The molecule has 7 heteroatoms. The summed E-state index contributed by atoms with van der Waals surface area (Å²) in [6.07, 6.45) is 0.486. The Morgan fingerprint density at radius 2 is 1.78 bits per heavy atom. The molecule has 4 aromatic rings. The van der Waals surface area contributed by atoms with Gasteiger partial charge in [-0.15, -0.1) is 0 Å². The molecule has 0 saturated carbocycles. The number of hydrogen-bond donors (Lipinski definition) is 1. The van der Waals surface area contributed by atoms with Crippen molar-refractivity contribution in [2.45, 2.75) is 20.3 Å². The third-order valence-corrected chi connectivity index (χ3v) is 5.46. The van der Waals surface area contributed by atoms with Crippen LogP contribution in [0.3, 0.4) is 0 Å². The second-order valence-electron chi connectivity index (χ2n) is 7.53. The van der Waals surface area contributed by atoms with Crippen molar-refractivity contribution in [1.29, 1.82) is 0 Å². The molecule has 0 fully saturated rings. The average Bonchev–Trinajstić information content (AvgIpc) is 3.13. The van der Waals surface area contributed by atoms with E-state index in [-0.39, 0.29) is 11.4 Å². The standard InChI is InChI=1S/C25H22N2O5/c1-15-23(16(2)32-26-15)18-9-7-17(8-10-18)13-20-11-12-22(31-3)24(25(20)28)19-5-4-6-21(14-19)27(29)30/h4-12,14,28H,13H2,1-3H3. The maximum absolute atomic E-state index is 11.2. The number of phenols is 1. The number of aryl methyl sites for hydroxylation is 2. The lowest BCUT2D eigenvalue weighted by molar-refractivity contribution is -0.384. The zero-order chi connectivity index (χ0) is 22.8. The van der Waals surface area contributed by atoms with Crippen molar-refractivity contribution in [3.8, 4) is 33.8 Å². The lowest BCUT2D eigenvalue weighted by Crippen LogP contribution is -1.95. The summed E-state index contributed by atoms with van der Waals surface area (Å²) in [5.41, 5.74) is 5.43. The Labute approximate surface area is 185 Å². The number of hydrogen-bond acceptors (Lipinski definition) is 6. The fourth-order valence-corrected chi connectivity index (χ4v) is 3.89. The van der Waals surface area contributed by atoms with Gasteiger partial charge < -0.3 is 14.4 Å². The molecule has 0 bridgehead atoms. The molecule has 1 heterocycles. The van der Waals surface area contributed by atoms with Gasteiger partial charge in [-0.1, -0.05) is 47.6 Å². The molecular formula is C25H22N2O5. The van der Waals surface area contributed by atoms with E-state index in [1.54, 1.807) is 24.3 Å². The van der Waals surface area contributed by atoms with Gasteiger partial charge in [0.15, 0.2) is 0 Å². The van der Waals surface area contributed by atoms with Gasteiger partial charge in [0.05, 0.1) is 23.3 Å². The monoisotopic (exact) mass is 430 g/mol. The summed E-state index contributed by atoms with van der Waals surface area (Å²) >= 11 is 0. The van der Waals surface area contributed by atoms with Crippen molar-refractivity contribution < 1.29 is 19.3 Å². The van der Waals surface area contributed by atoms with E-state index in [2.05, 4.69) is 5.16 Å². The predicted octanol–water partition coefficient (Wildman–Crippen LogP) is 5.84. The lowest BCUT2D eigenvalue weighted by atomic mass is 9.95. The second-order valence-corrected chi connectivity index (χ2v) is 7.53. The normalized spacial score (nSPS) is 10.8. The largest absolute Gasteiger partial charge is 0.507 e. The maximum Gasteiger partial charge on any atom is 0.270 e. The van der Waals surface area contributed by atoms with Crippen LogP contribution in [0.15, 0.2) is 65.2 Å². The number of nitro groups is 1. The molecule has 3 aromatic carbocycles. The zero-order valence-electron chi connectivity index (χ0n) is 18.0. The van der Waals surface area contributed by atoms with Gasteiger partial charge in [0.1, 0.15) is 17.3 Å². The van der Waals surface area contributed by atoms with Gasteiger partial charge in [0.2, 0.25) is 0 Å². The van der Waals surface area contributed by atoms with Gasteiger partial charge in [0, 0.05) is 24.1 Å². The summed E-state index contributed by atoms with van der Waals surface area (Å²) in [5, 5.41) is 26.2. The number of benzene rings is 3. The average molecular weight is 430 g/mol. The van der Waals surface area contributed by atoms with E-state index in [9.17, 15) is 15.2 Å². The van der Waals surface area contributed by atoms with Crippen LogP contribution in [0.5, 0.6) is 11.5 Å². The van der Waals surface area contributed by atoms with Crippen LogP contribution in [0.1, 0.15) is 22.6 Å². The van der Waals surface area contributed by atoms with Gasteiger partial charge in [-0.2, -0.15) is 0 Å². The lowest BCUT2D eigenvalue weighted by Gasteiger charge is -2.15. The Bertz CT molecular complexity index is 1270. The van der Waals surface area contributed by atoms with E-state index >= 15 is 0 Å². The van der Waals surface area contributed by atoms with Gasteiger partial charge in [-0.3, -0.25) is 10.1 Å². The minimum absolute atomic E-state index is 0.0413. The molecule has 0 aliphatic rings. The Morgan fingerprint density at radius 3 is 2.41 bits per heavy atom. The molecule has 1 N–H and O–H groups in total.